The maximum absolute atomic E-state index is 8.49. The molecule has 0 saturated carbocycles. The molecule has 5 heteroatoms. The van der Waals surface area contributed by atoms with Gasteiger partial charge in [0.15, 0.2) is 0 Å². The lowest BCUT2D eigenvalue weighted by Crippen LogP contribution is -1.91. The summed E-state index contributed by atoms with van der Waals surface area (Å²) in [5.74, 6) is 0.703. The Morgan fingerprint density at radius 2 is 2.31 bits per heavy atom. The SMILES string of the molecule is COc1cccc2nc(Cl)c(/C=N/O)cc12. The molecule has 0 unspecified atom stereocenters. The molecule has 16 heavy (non-hydrogen) atoms. The highest BCUT2D eigenvalue weighted by Crippen LogP contribution is 2.27. The first-order chi connectivity index (χ1) is 7.76. The smallest absolute Gasteiger partial charge is 0.138 e. The van der Waals surface area contributed by atoms with Crippen molar-refractivity contribution in [1.29, 1.82) is 0 Å². The van der Waals surface area contributed by atoms with Crippen LogP contribution >= 0.6 is 11.6 Å². The molecule has 0 bridgehead atoms. The first kappa shape index (κ1) is 10.7. The Morgan fingerprint density at radius 3 is 3.00 bits per heavy atom. The Kier molecular flexibility index (Phi) is 2.92. The molecule has 4 nitrogen and oxygen atoms in total. The van der Waals surface area contributed by atoms with Crippen LogP contribution in [-0.4, -0.2) is 23.5 Å². The van der Waals surface area contributed by atoms with Gasteiger partial charge in [-0.15, -0.1) is 0 Å². The fraction of sp³-hybridized carbons (Fsp3) is 0.0909. The van der Waals surface area contributed by atoms with E-state index in [1.165, 1.54) is 6.21 Å². The standard InChI is InChI=1S/C11H9ClN2O2/c1-16-10-4-2-3-9-8(10)5-7(6-13-15)11(12)14-9/h2-6,15H,1H3/b13-6+. The van der Waals surface area contributed by atoms with Gasteiger partial charge in [0, 0.05) is 10.9 Å². The van der Waals surface area contributed by atoms with Crippen LogP contribution in [0.3, 0.4) is 0 Å². The Labute approximate surface area is 97.1 Å². The lowest BCUT2D eigenvalue weighted by molar-refractivity contribution is 0.322. The second kappa shape index (κ2) is 4.37. The molecule has 0 saturated heterocycles. The fourth-order valence-electron chi connectivity index (χ4n) is 1.49. The van der Waals surface area contributed by atoms with Crippen LogP contribution in [-0.2, 0) is 0 Å². The van der Waals surface area contributed by atoms with E-state index in [-0.39, 0.29) is 0 Å². The van der Waals surface area contributed by atoms with Gasteiger partial charge in [-0.2, -0.15) is 0 Å². The molecule has 0 radical (unpaired) electrons. The number of ether oxygens (including phenoxy) is 1. The van der Waals surface area contributed by atoms with Crippen molar-refractivity contribution in [3.05, 3.63) is 35.0 Å². The monoisotopic (exact) mass is 236 g/mol. The summed E-state index contributed by atoms with van der Waals surface area (Å²) in [6.07, 6.45) is 1.24. The molecule has 1 heterocycles. The molecule has 1 aromatic heterocycles. The van der Waals surface area contributed by atoms with Crippen molar-refractivity contribution in [3.8, 4) is 5.75 Å². The number of fused-ring (bicyclic) bond motifs is 1. The predicted molar refractivity (Wildman–Crippen MR) is 62.7 cm³/mol. The minimum Gasteiger partial charge on any atom is -0.496 e. The molecule has 0 aliphatic heterocycles. The number of hydrogen-bond acceptors (Lipinski definition) is 4. The van der Waals surface area contributed by atoms with Gasteiger partial charge in [0.2, 0.25) is 0 Å². The van der Waals surface area contributed by atoms with Gasteiger partial charge >= 0.3 is 0 Å². The highest BCUT2D eigenvalue weighted by Gasteiger charge is 2.06. The minimum atomic E-state index is 0.290. The Balaban J connectivity index is 2.75. The van der Waals surface area contributed by atoms with Crippen LogP contribution in [0, 0.1) is 0 Å². The van der Waals surface area contributed by atoms with E-state index >= 15 is 0 Å². The van der Waals surface area contributed by atoms with E-state index in [0.717, 1.165) is 10.9 Å². The van der Waals surface area contributed by atoms with Crippen molar-refractivity contribution in [1.82, 2.24) is 4.98 Å². The second-order valence-corrected chi connectivity index (χ2v) is 3.50. The number of pyridine rings is 1. The molecule has 1 aromatic carbocycles. The Morgan fingerprint density at radius 1 is 1.50 bits per heavy atom. The third-order valence-electron chi connectivity index (χ3n) is 2.22. The number of rotatable bonds is 2. The summed E-state index contributed by atoms with van der Waals surface area (Å²) in [5.41, 5.74) is 1.28. The van der Waals surface area contributed by atoms with Crippen LogP contribution in [0.15, 0.2) is 29.4 Å². The van der Waals surface area contributed by atoms with E-state index in [4.69, 9.17) is 21.5 Å². The molecule has 0 amide bonds. The summed E-state index contributed by atoms with van der Waals surface area (Å²) in [6.45, 7) is 0. The van der Waals surface area contributed by atoms with Gasteiger partial charge in [-0.3, -0.25) is 0 Å². The number of nitrogens with zero attached hydrogens (tertiary/aromatic N) is 2. The molecule has 0 fully saturated rings. The second-order valence-electron chi connectivity index (χ2n) is 3.14. The molecule has 1 N–H and O–H groups in total. The molecule has 0 atom stereocenters. The number of hydrogen-bond donors (Lipinski definition) is 1. The third-order valence-corrected chi connectivity index (χ3v) is 2.52. The van der Waals surface area contributed by atoms with Crippen molar-refractivity contribution in [2.75, 3.05) is 7.11 Å². The number of halogens is 1. The van der Waals surface area contributed by atoms with Gasteiger partial charge < -0.3 is 9.94 Å². The average Bonchev–Trinajstić information content (AvgIpc) is 2.29. The maximum atomic E-state index is 8.49. The molecule has 0 spiro atoms. The lowest BCUT2D eigenvalue weighted by atomic mass is 10.1. The van der Waals surface area contributed by atoms with Crippen LogP contribution in [0.25, 0.3) is 10.9 Å². The Bertz CT molecular complexity index is 555. The normalized spacial score (nSPS) is 11.1. The van der Waals surface area contributed by atoms with Crippen LogP contribution in [0.2, 0.25) is 5.15 Å². The van der Waals surface area contributed by atoms with Gasteiger partial charge in [0.1, 0.15) is 10.9 Å². The van der Waals surface area contributed by atoms with Gasteiger partial charge in [-0.1, -0.05) is 22.8 Å². The van der Waals surface area contributed by atoms with Gasteiger partial charge in [-0.25, -0.2) is 4.98 Å². The molecule has 2 aromatic rings. The summed E-state index contributed by atoms with van der Waals surface area (Å²) in [6, 6.07) is 7.27. The average molecular weight is 237 g/mol. The molecular formula is C11H9ClN2O2. The summed E-state index contributed by atoms with van der Waals surface area (Å²) >= 11 is 5.92. The number of methoxy groups -OCH3 is 1. The first-order valence-electron chi connectivity index (χ1n) is 4.57. The quantitative estimate of drug-likeness (QED) is 0.378. The van der Waals surface area contributed by atoms with Crippen molar-refractivity contribution in [3.63, 3.8) is 0 Å². The lowest BCUT2D eigenvalue weighted by Gasteiger charge is -2.06. The summed E-state index contributed by atoms with van der Waals surface area (Å²) in [7, 11) is 1.59. The third kappa shape index (κ3) is 1.79. The van der Waals surface area contributed by atoms with E-state index < -0.39 is 0 Å². The van der Waals surface area contributed by atoms with Crippen molar-refractivity contribution in [2.45, 2.75) is 0 Å². The fourth-order valence-corrected chi connectivity index (χ4v) is 1.69. The molecule has 0 aliphatic carbocycles. The Hall–Kier alpha value is -1.81. The maximum Gasteiger partial charge on any atom is 0.138 e. The highest BCUT2D eigenvalue weighted by molar-refractivity contribution is 6.32. The topological polar surface area (TPSA) is 54.7 Å². The predicted octanol–water partition coefficient (Wildman–Crippen LogP) is 2.70. The minimum absolute atomic E-state index is 0.290. The van der Waals surface area contributed by atoms with Gasteiger partial charge in [-0.05, 0) is 18.2 Å². The van der Waals surface area contributed by atoms with Gasteiger partial charge in [0.25, 0.3) is 0 Å². The van der Waals surface area contributed by atoms with E-state index in [1.54, 1.807) is 13.2 Å². The van der Waals surface area contributed by atoms with Gasteiger partial charge in [0.05, 0.1) is 18.8 Å². The highest BCUT2D eigenvalue weighted by atomic mass is 35.5. The zero-order valence-electron chi connectivity index (χ0n) is 8.51. The van der Waals surface area contributed by atoms with Crippen molar-refractivity contribution < 1.29 is 9.94 Å². The summed E-state index contributed by atoms with van der Waals surface area (Å²) in [5, 5.41) is 12.5. The first-order valence-corrected chi connectivity index (χ1v) is 4.94. The zero-order valence-corrected chi connectivity index (χ0v) is 9.27. The number of oxime groups is 1. The van der Waals surface area contributed by atoms with Crippen molar-refractivity contribution in [2.24, 2.45) is 5.16 Å². The molecule has 2 rings (SSSR count). The summed E-state index contributed by atoms with van der Waals surface area (Å²) < 4.78 is 5.21. The number of aromatic nitrogens is 1. The largest absolute Gasteiger partial charge is 0.496 e. The van der Waals surface area contributed by atoms with E-state index in [0.29, 0.717) is 16.5 Å². The van der Waals surface area contributed by atoms with Crippen LogP contribution < -0.4 is 4.74 Å². The van der Waals surface area contributed by atoms with E-state index in [1.807, 2.05) is 18.2 Å². The number of benzene rings is 1. The van der Waals surface area contributed by atoms with Crippen LogP contribution in [0.4, 0.5) is 0 Å². The zero-order chi connectivity index (χ0) is 11.5. The molecule has 82 valence electrons. The molecular weight excluding hydrogens is 228 g/mol. The molecule has 0 aliphatic rings. The van der Waals surface area contributed by atoms with Crippen molar-refractivity contribution >= 4 is 28.7 Å². The van der Waals surface area contributed by atoms with E-state index in [9.17, 15) is 0 Å². The van der Waals surface area contributed by atoms with E-state index in [2.05, 4.69) is 10.1 Å². The van der Waals surface area contributed by atoms with Crippen LogP contribution in [0.5, 0.6) is 5.75 Å². The van der Waals surface area contributed by atoms with Crippen LogP contribution in [0.1, 0.15) is 5.56 Å². The summed E-state index contributed by atoms with van der Waals surface area (Å²) in [4.78, 5) is 4.19.